The summed E-state index contributed by atoms with van der Waals surface area (Å²) in [4.78, 5) is 14.5. The van der Waals surface area contributed by atoms with Crippen LogP contribution in [0.1, 0.15) is 28.8 Å². The highest BCUT2D eigenvalue weighted by Crippen LogP contribution is 2.24. The molecule has 1 aliphatic heterocycles. The van der Waals surface area contributed by atoms with Gasteiger partial charge in [0.05, 0.1) is 5.56 Å². The van der Waals surface area contributed by atoms with E-state index < -0.39 is 11.6 Å². The molecule has 23 heavy (non-hydrogen) atoms. The van der Waals surface area contributed by atoms with Crippen LogP contribution in [0.15, 0.2) is 48.5 Å². The van der Waals surface area contributed by atoms with Crippen LogP contribution in [0.25, 0.3) is 0 Å². The summed E-state index contributed by atoms with van der Waals surface area (Å²) in [6.45, 7) is 2.65. The molecule has 1 saturated heterocycles. The number of likely N-dealkylation sites (tertiary alicyclic amines) is 1. The maximum atomic E-state index is 13.7. The van der Waals surface area contributed by atoms with Crippen molar-refractivity contribution in [2.75, 3.05) is 13.1 Å². The van der Waals surface area contributed by atoms with Crippen LogP contribution in [0.4, 0.5) is 8.78 Å². The Morgan fingerprint density at radius 1 is 1.13 bits per heavy atom. The second-order valence-corrected chi connectivity index (χ2v) is 6.13. The Hall–Kier alpha value is -2.07. The molecule has 120 valence electrons. The zero-order valence-electron chi connectivity index (χ0n) is 12.8. The predicted molar refractivity (Wildman–Crippen MR) is 85.1 cm³/mol. The smallest absolute Gasteiger partial charge is 0.166 e. The van der Waals surface area contributed by atoms with Gasteiger partial charge in [0.15, 0.2) is 5.78 Å². The normalized spacial score (nSPS) is 18.3. The van der Waals surface area contributed by atoms with Gasteiger partial charge in [-0.15, -0.1) is 0 Å². The summed E-state index contributed by atoms with van der Waals surface area (Å²) in [5.74, 6) is -1.44. The van der Waals surface area contributed by atoms with Gasteiger partial charge in [-0.1, -0.05) is 30.3 Å². The van der Waals surface area contributed by atoms with Crippen molar-refractivity contribution in [1.82, 2.24) is 4.90 Å². The van der Waals surface area contributed by atoms with E-state index >= 15 is 0 Å². The Morgan fingerprint density at radius 2 is 1.91 bits per heavy atom. The lowest BCUT2D eigenvalue weighted by Crippen LogP contribution is -2.21. The first-order valence-corrected chi connectivity index (χ1v) is 7.86. The molecule has 2 aromatic carbocycles. The third-order valence-corrected chi connectivity index (χ3v) is 4.32. The molecule has 2 nitrogen and oxygen atoms in total. The average molecular weight is 315 g/mol. The summed E-state index contributed by atoms with van der Waals surface area (Å²) < 4.78 is 26.6. The molecule has 1 atom stereocenters. The summed E-state index contributed by atoms with van der Waals surface area (Å²) in [7, 11) is 0. The van der Waals surface area contributed by atoms with Crippen molar-refractivity contribution in [3.05, 3.63) is 71.3 Å². The number of hydrogen-bond donors (Lipinski definition) is 0. The zero-order chi connectivity index (χ0) is 16.2. The molecule has 1 unspecified atom stereocenters. The maximum Gasteiger partial charge on any atom is 0.166 e. The lowest BCUT2D eigenvalue weighted by molar-refractivity contribution is 0.0958. The lowest BCUT2D eigenvalue weighted by Gasteiger charge is -2.16. The molecule has 0 aliphatic carbocycles. The minimum absolute atomic E-state index is 0.00657. The molecule has 0 radical (unpaired) electrons. The first-order chi connectivity index (χ1) is 11.1. The molecular weight excluding hydrogens is 296 g/mol. The molecule has 0 saturated carbocycles. The number of nitrogens with zero attached hydrogens (tertiary/aromatic N) is 1. The number of benzene rings is 2. The summed E-state index contributed by atoms with van der Waals surface area (Å²) in [6, 6.07) is 13.3. The number of ketones is 1. The molecule has 2 aromatic rings. The summed E-state index contributed by atoms with van der Waals surface area (Å²) >= 11 is 0. The molecular formula is C19H19F2NO. The Morgan fingerprint density at radius 3 is 2.65 bits per heavy atom. The third kappa shape index (κ3) is 4.02. The molecule has 4 heteroatoms. The molecule has 0 N–H and O–H groups in total. The van der Waals surface area contributed by atoms with Crippen molar-refractivity contribution in [2.45, 2.75) is 19.4 Å². The molecule has 0 bridgehead atoms. The van der Waals surface area contributed by atoms with Gasteiger partial charge in [0.2, 0.25) is 0 Å². The third-order valence-electron chi connectivity index (χ3n) is 4.32. The first-order valence-electron chi connectivity index (χ1n) is 7.86. The van der Waals surface area contributed by atoms with Crippen LogP contribution in [-0.2, 0) is 6.54 Å². The largest absolute Gasteiger partial charge is 0.299 e. The molecule has 0 aromatic heterocycles. The van der Waals surface area contributed by atoms with Crippen LogP contribution in [0.3, 0.4) is 0 Å². The van der Waals surface area contributed by atoms with Gasteiger partial charge >= 0.3 is 0 Å². The van der Waals surface area contributed by atoms with Crippen LogP contribution in [-0.4, -0.2) is 23.8 Å². The highest BCUT2D eigenvalue weighted by atomic mass is 19.1. The van der Waals surface area contributed by atoms with Gasteiger partial charge in [-0.25, -0.2) is 8.78 Å². The van der Waals surface area contributed by atoms with E-state index in [1.807, 2.05) is 18.2 Å². The average Bonchev–Trinajstić information content (AvgIpc) is 2.95. The SMILES string of the molecule is O=C(CC1CCN(Cc2ccccc2)C1)c1ccc(F)cc1F. The summed E-state index contributed by atoms with van der Waals surface area (Å²) in [5.41, 5.74) is 1.25. The van der Waals surface area contributed by atoms with Crippen LogP contribution >= 0.6 is 0 Å². The number of hydrogen-bond acceptors (Lipinski definition) is 2. The molecule has 1 heterocycles. The Kier molecular flexibility index (Phi) is 4.82. The predicted octanol–water partition coefficient (Wildman–Crippen LogP) is 4.06. The van der Waals surface area contributed by atoms with Crippen molar-refractivity contribution in [2.24, 2.45) is 5.92 Å². The second-order valence-electron chi connectivity index (χ2n) is 6.13. The van der Waals surface area contributed by atoms with E-state index in [4.69, 9.17) is 0 Å². The molecule has 0 amide bonds. The lowest BCUT2D eigenvalue weighted by atomic mass is 9.97. The van der Waals surface area contributed by atoms with Crippen molar-refractivity contribution in [3.8, 4) is 0 Å². The van der Waals surface area contributed by atoms with Crippen LogP contribution in [0, 0.1) is 17.6 Å². The standard InChI is InChI=1S/C19H19F2NO/c20-16-6-7-17(18(21)11-16)19(23)10-15-8-9-22(13-15)12-14-4-2-1-3-5-14/h1-7,11,15H,8-10,12-13H2. The van der Waals surface area contributed by atoms with E-state index in [1.54, 1.807) is 0 Å². The fraction of sp³-hybridized carbons (Fsp3) is 0.316. The fourth-order valence-corrected chi connectivity index (χ4v) is 3.15. The van der Waals surface area contributed by atoms with Crippen LogP contribution in [0.5, 0.6) is 0 Å². The molecule has 1 aliphatic rings. The minimum atomic E-state index is -0.769. The number of halogens is 2. The highest BCUT2D eigenvalue weighted by molar-refractivity contribution is 5.96. The van der Waals surface area contributed by atoms with E-state index in [2.05, 4.69) is 17.0 Å². The fourth-order valence-electron chi connectivity index (χ4n) is 3.15. The Bertz CT molecular complexity index is 687. The number of rotatable bonds is 5. The van der Waals surface area contributed by atoms with Gasteiger partial charge in [0.25, 0.3) is 0 Å². The first kappa shape index (κ1) is 15.8. The zero-order valence-corrected chi connectivity index (χ0v) is 12.8. The Balaban J connectivity index is 1.56. The van der Waals surface area contributed by atoms with Gasteiger partial charge in [0.1, 0.15) is 11.6 Å². The minimum Gasteiger partial charge on any atom is -0.299 e. The van der Waals surface area contributed by atoms with Crippen molar-refractivity contribution in [1.29, 1.82) is 0 Å². The number of carbonyl (C=O) groups excluding carboxylic acids is 1. The van der Waals surface area contributed by atoms with Crippen molar-refractivity contribution >= 4 is 5.78 Å². The quantitative estimate of drug-likeness (QED) is 0.776. The van der Waals surface area contributed by atoms with Crippen molar-refractivity contribution < 1.29 is 13.6 Å². The van der Waals surface area contributed by atoms with E-state index in [1.165, 1.54) is 11.6 Å². The highest BCUT2D eigenvalue weighted by Gasteiger charge is 2.26. The molecule has 1 fully saturated rings. The summed E-state index contributed by atoms with van der Waals surface area (Å²) in [6.07, 6.45) is 1.25. The van der Waals surface area contributed by atoms with Crippen molar-refractivity contribution in [3.63, 3.8) is 0 Å². The van der Waals surface area contributed by atoms with E-state index in [9.17, 15) is 13.6 Å². The van der Waals surface area contributed by atoms with Gasteiger partial charge in [-0.3, -0.25) is 9.69 Å². The van der Waals surface area contributed by atoms with Crippen LogP contribution < -0.4 is 0 Å². The monoisotopic (exact) mass is 315 g/mol. The van der Waals surface area contributed by atoms with E-state index in [0.717, 1.165) is 38.2 Å². The summed E-state index contributed by atoms with van der Waals surface area (Å²) in [5, 5.41) is 0. The van der Waals surface area contributed by atoms with E-state index in [0.29, 0.717) is 6.42 Å². The second kappa shape index (κ2) is 7.01. The van der Waals surface area contributed by atoms with Crippen LogP contribution in [0.2, 0.25) is 0 Å². The number of carbonyl (C=O) groups is 1. The molecule has 3 rings (SSSR count). The van der Waals surface area contributed by atoms with Gasteiger partial charge in [-0.05, 0) is 36.6 Å². The van der Waals surface area contributed by atoms with E-state index in [-0.39, 0.29) is 17.3 Å². The van der Waals surface area contributed by atoms with Gasteiger partial charge in [-0.2, -0.15) is 0 Å². The number of Topliss-reactive ketones (excluding diaryl/α,β-unsaturated/α-hetero) is 1. The van der Waals surface area contributed by atoms with Gasteiger partial charge in [0, 0.05) is 25.6 Å². The van der Waals surface area contributed by atoms with Gasteiger partial charge < -0.3 is 0 Å². The maximum absolute atomic E-state index is 13.7. The molecule has 0 spiro atoms. The topological polar surface area (TPSA) is 20.3 Å². The Labute approximate surface area is 134 Å².